The summed E-state index contributed by atoms with van der Waals surface area (Å²) >= 11 is 0. The van der Waals surface area contributed by atoms with Gasteiger partial charge in [0.05, 0.1) is 5.39 Å². The summed E-state index contributed by atoms with van der Waals surface area (Å²) in [6.45, 7) is 5.37. The summed E-state index contributed by atoms with van der Waals surface area (Å²) in [5.74, 6) is 0.245. The predicted molar refractivity (Wildman–Crippen MR) is 94.3 cm³/mol. The summed E-state index contributed by atoms with van der Waals surface area (Å²) in [5, 5.41) is 0.460. The fourth-order valence-corrected chi connectivity index (χ4v) is 3.54. The molecule has 1 amide bonds. The van der Waals surface area contributed by atoms with Crippen molar-refractivity contribution in [3.05, 3.63) is 39.8 Å². The zero-order chi connectivity index (χ0) is 17.4. The quantitative estimate of drug-likeness (QED) is 0.930. The van der Waals surface area contributed by atoms with Gasteiger partial charge >= 0.3 is 0 Å². The minimum Gasteiger partial charge on any atom is -0.345 e. The molecule has 2 aromatic rings. The molecule has 1 aliphatic rings. The number of likely N-dealkylation sites (tertiary alicyclic amines) is 1. The van der Waals surface area contributed by atoms with E-state index in [1.165, 1.54) is 6.20 Å². The van der Waals surface area contributed by atoms with Gasteiger partial charge in [0.25, 0.3) is 5.91 Å². The Morgan fingerprint density at radius 3 is 2.75 bits per heavy atom. The number of hydrogen-bond donors (Lipinski definition) is 1. The average molecular weight is 328 g/mol. The Kier molecular flexibility index (Phi) is 4.41. The fraction of sp³-hybridized carbons (Fsp3) is 0.500. The molecule has 2 atom stereocenters. The number of hydrogen-bond acceptors (Lipinski definition) is 4. The molecule has 0 bridgehead atoms. The molecule has 1 aliphatic heterocycles. The number of rotatable bonds is 3. The van der Waals surface area contributed by atoms with Gasteiger partial charge in [0.1, 0.15) is 11.2 Å². The maximum atomic E-state index is 12.9. The van der Waals surface area contributed by atoms with Crippen molar-refractivity contribution in [2.75, 3.05) is 27.2 Å². The van der Waals surface area contributed by atoms with Gasteiger partial charge in [-0.25, -0.2) is 4.98 Å². The zero-order valence-electron chi connectivity index (χ0n) is 14.7. The minimum atomic E-state index is -0.248. The number of nitrogens with one attached hydrogen (secondary N) is 1. The van der Waals surface area contributed by atoms with E-state index in [1.807, 2.05) is 21.0 Å². The number of aromatic nitrogens is 2. The van der Waals surface area contributed by atoms with Crippen LogP contribution in [0.4, 0.5) is 0 Å². The number of pyridine rings is 2. The number of aromatic amines is 1. The lowest BCUT2D eigenvalue weighted by atomic mass is 10.0. The maximum Gasteiger partial charge on any atom is 0.259 e. The molecule has 3 heterocycles. The van der Waals surface area contributed by atoms with Crippen molar-refractivity contribution in [1.82, 2.24) is 19.8 Å². The van der Waals surface area contributed by atoms with E-state index < -0.39 is 0 Å². The molecule has 0 spiro atoms. The van der Waals surface area contributed by atoms with E-state index in [9.17, 15) is 9.59 Å². The van der Waals surface area contributed by atoms with E-state index >= 15 is 0 Å². The van der Waals surface area contributed by atoms with Crippen LogP contribution in [0.2, 0.25) is 0 Å². The Bertz CT molecular complexity index is 827. The second-order valence-electron chi connectivity index (χ2n) is 6.79. The summed E-state index contributed by atoms with van der Waals surface area (Å²) in [6, 6.07) is 3.86. The minimum absolute atomic E-state index is 0.193. The molecule has 1 saturated heterocycles. The molecule has 6 heteroatoms. The third kappa shape index (κ3) is 2.82. The monoisotopic (exact) mass is 328 g/mol. The molecule has 0 saturated carbocycles. The Labute approximate surface area is 141 Å². The zero-order valence-corrected chi connectivity index (χ0v) is 14.7. The number of amides is 1. The Morgan fingerprint density at radius 1 is 1.38 bits per heavy atom. The van der Waals surface area contributed by atoms with Gasteiger partial charge in [0.15, 0.2) is 0 Å². The molecule has 128 valence electrons. The molecule has 2 aromatic heterocycles. The first-order valence-electron chi connectivity index (χ1n) is 8.37. The Balaban J connectivity index is 1.93. The highest BCUT2D eigenvalue weighted by Gasteiger charge is 2.36. The number of nitrogens with zero attached hydrogens (tertiary/aromatic N) is 3. The molecule has 6 nitrogen and oxygen atoms in total. The van der Waals surface area contributed by atoms with Crippen molar-refractivity contribution in [1.29, 1.82) is 0 Å². The van der Waals surface area contributed by atoms with Crippen LogP contribution in [0.25, 0.3) is 11.0 Å². The molecule has 3 rings (SSSR count). The highest BCUT2D eigenvalue weighted by Crippen LogP contribution is 2.24. The highest BCUT2D eigenvalue weighted by atomic mass is 16.2. The van der Waals surface area contributed by atoms with Gasteiger partial charge in [0.2, 0.25) is 5.43 Å². The van der Waals surface area contributed by atoms with E-state index in [0.29, 0.717) is 36.1 Å². The number of carbonyl (C=O) groups excluding carboxylic acids is 1. The van der Waals surface area contributed by atoms with Crippen molar-refractivity contribution in [3.8, 4) is 0 Å². The molecule has 1 N–H and O–H groups in total. The molecule has 1 fully saturated rings. The van der Waals surface area contributed by atoms with Gasteiger partial charge in [-0.15, -0.1) is 0 Å². The standard InChI is InChI=1S/C18H24N4O2/c1-5-12-9-22(10-15(12)21(3)4)18(24)14-8-19-17-13(16(14)23)7-6-11(2)20-17/h6-8,12,15H,5,9-10H2,1-4H3,(H,19,20,23)/t12-,15-/m1/s1. The van der Waals surface area contributed by atoms with Crippen molar-refractivity contribution in [3.63, 3.8) is 0 Å². The summed E-state index contributed by atoms with van der Waals surface area (Å²) in [7, 11) is 4.08. The van der Waals surface area contributed by atoms with Crippen LogP contribution >= 0.6 is 0 Å². The van der Waals surface area contributed by atoms with Gasteiger partial charge in [-0.3, -0.25) is 9.59 Å². The van der Waals surface area contributed by atoms with Gasteiger partial charge in [-0.2, -0.15) is 0 Å². The molecule has 0 unspecified atom stereocenters. The number of fused-ring (bicyclic) bond motifs is 1. The maximum absolute atomic E-state index is 12.9. The van der Waals surface area contributed by atoms with Gasteiger partial charge < -0.3 is 14.8 Å². The Morgan fingerprint density at radius 2 is 2.12 bits per heavy atom. The van der Waals surface area contributed by atoms with Gasteiger partial charge in [-0.1, -0.05) is 13.3 Å². The smallest absolute Gasteiger partial charge is 0.259 e. The normalized spacial score (nSPS) is 21.0. The first-order chi connectivity index (χ1) is 11.4. The van der Waals surface area contributed by atoms with Crippen LogP contribution in [0.3, 0.4) is 0 Å². The first kappa shape index (κ1) is 16.6. The van der Waals surface area contributed by atoms with E-state index in [0.717, 1.165) is 12.1 Å². The second kappa shape index (κ2) is 6.36. The van der Waals surface area contributed by atoms with Crippen LogP contribution in [-0.2, 0) is 0 Å². The Hall–Kier alpha value is -2.21. The van der Waals surface area contributed by atoms with Crippen LogP contribution in [0.1, 0.15) is 29.4 Å². The van der Waals surface area contributed by atoms with E-state index in [-0.39, 0.29) is 16.9 Å². The lowest BCUT2D eigenvalue weighted by molar-refractivity contribution is 0.0779. The molecular formula is C18H24N4O2. The van der Waals surface area contributed by atoms with Crippen molar-refractivity contribution < 1.29 is 4.79 Å². The highest BCUT2D eigenvalue weighted by molar-refractivity contribution is 5.96. The largest absolute Gasteiger partial charge is 0.345 e. The predicted octanol–water partition coefficient (Wildman–Crippen LogP) is 1.64. The summed E-state index contributed by atoms with van der Waals surface area (Å²) in [4.78, 5) is 36.8. The van der Waals surface area contributed by atoms with Gasteiger partial charge in [0, 0.05) is 31.0 Å². The van der Waals surface area contributed by atoms with Crippen molar-refractivity contribution >= 4 is 16.9 Å². The second-order valence-corrected chi connectivity index (χ2v) is 6.79. The molecule has 24 heavy (non-hydrogen) atoms. The summed E-state index contributed by atoms with van der Waals surface area (Å²) in [6.07, 6.45) is 2.52. The molecule has 0 aliphatic carbocycles. The van der Waals surface area contributed by atoms with E-state index in [4.69, 9.17) is 0 Å². The third-order valence-corrected chi connectivity index (χ3v) is 4.99. The topological polar surface area (TPSA) is 69.3 Å². The third-order valence-electron chi connectivity index (χ3n) is 4.99. The van der Waals surface area contributed by atoms with E-state index in [1.54, 1.807) is 17.0 Å². The molecule has 0 radical (unpaired) electrons. The lowest BCUT2D eigenvalue weighted by Gasteiger charge is -2.23. The lowest BCUT2D eigenvalue weighted by Crippen LogP contribution is -2.37. The van der Waals surface area contributed by atoms with E-state index in [2.05, 4.69) is 21.8 Å². The van der Waals surface area contributed by atoms with Crippen LogP contribution in [0.15, 0.2) is 23.1 Å². The first-order valence-corrected chi connectivity index (χ1v) is 8.37. The van der Waals surface area contributed by atoms with Gasteiger partial charge in [-0.05, 0) is 39.1 Å². The number of carbonyl (C=O) groups is 1. The van der Waals surface area contributed by atoms with Crippen LogP contribution in [0, 0.1) is 12.8 Å². The summed E-state index contributed by atoms with van der Waals surface area (Å²) < 4.78 is 0. The number of H-pyrrole nitrogens is 1. The molecule has 0 aromatic carbocycles. The van der Waals surface area contributed by atoms with Crippen LogP contribution in [0.5, 0.6) is 0 Å². The number of likely N-dealkylation sites (N-methyl/N-ethyl adjacent to an activating group) is 1. The molecular weight excluding hydrogens is 304 g/mol. The van der Waals surface area contributed by atoms with Crippen LogP contribution in [-0.4, -0.2) is 58.9 Å². The number of aryl methyl sites for hydroxylation is 1. The average Bonchev–Trinajstić information content (AvgIpc) is 2.99. The SMILES string of the molecule is CC[C@@H]1CN(C(=O)c2c[nH]c3nc(C)ccc3c2=O)C[C@H]1N(C)C. The van der Waals surface area contributed by atoms with Crippen molar-refractivity contribution in [2.24, 2.45) is 5.92 Å². The van der Waals surface area contributed by atoms with Crippen LogP contribution < -0.4 is 5.43 Å². The summed E-state index contributed by atoms with van der Waals surface area (Å²) in [5.41, 5.74) is 1.30. The van der Waals surface area contributed by atoms with Crippen molar-refractivity contribution in [2.45, 2.75) is 26.3 Å². The fourth-order valence-electron chi connectivity index (χ4n) is 3.54.